The maximum atomic E-state index is 13.8. The standard InChI is InChI=1S/C24H27N6O5P/c1-4-24(12-11-18(13-24)30-15-28-20-21(25)26-14-27-22(20)30)34-16-36(32,29-17(3)23(31)33-5-2)35-19-9-7-6-8-10-19/h1,6-10,13-15,17H,5,11-12,16H2,2-3H3,(H,29,32)(H2,25,26,27)/t17-,24-,36?/m0/s1. The Kier molecular flexibility index (Phi) is 7.40. The van der Waals surface area contributed by atoms with Crippen LogP contribution in [0.2, 0.25) is 0 Å². The maximum absolute atomic E-state index is 13.8. The highest BCUT2D eigenvalue weighted by Crippen LogP contribution is 2.46. The first-order valence-electron chi connectivity index (χ1n) is 11.3. The minimum Gasteiger partial charge on any atom is -0.465 e. The van der Waals surface area contributed by atoms with Crippen LogP contribution in [0.1, 0.15) is 26.7 Å². The van der Waals surface area contributed by atoms with Crippen LogP contribution >= 0.6 is 7.52 Å². The lowest BCUT2D eigenvalue weighted by Gasteiger charge is -2.27. The van der Waals surface area contributed by atoms with E-state index in [1.54, 1.807) is 61.1 Å². The summed E-state index contributed by atoms with van der Waals surface area (Å²) in [5, 5.41) is 2.76. The number of terminal acetylenes is 1. The number of hydrogen-bond acceptors (Lipinski definition) is 9. The summed E-state index contributed by atoms with van der Waals surface area (Å²) in [6, 6.07) is 7.71. The van der Waals surface area contributed by atoms with Crippen LogP contribution in [0.3, 0.4) is 0 Å². The van der Waals surface area contributed by atoms with E-state index in [4.69, 9.17) is 26.2 Å². The van der Waals surface area contributed by atoms with Crippen LogP contribution in [0.4, 0.5) is 5.82 Å². The first-order chi connectivity index (χ1) is 17.3. The summed E-state index contributed by atoms with van der Waals surface area (Å²) in [5.74, 6) is 2.75. The Morgan fingerprint density at radius 1 is 1.33 bits per heavy atom. The first kappa shape index (κ1) is 25.4. The quantitative estimate of drug-likeness (QED) is 0.237. The second-order valence-electron chi connectivity index (χ2n) is 8.17. The number of para-hydroxylation sites is 1. The molecule has 12 heteroatoms. The third kappa shape index (κ3) is 5.41. The highest BCUT2D eigenvalue weighted by molar-refractivity contribution is 7.57. The number of imidazole rings is 1. The second kappa shape index (κ2) is 10.5. The molecule has 0 spiro atoms. The van der Waals surface area contributed by atoms with Crippen molar-refractivity contribution in [2.24, 2.45) is 0 Å². The summed E-state index contributed by atoms with van der Waals surface area (Å²) in [7, 11) is -3.76. The lowest BCUT2D eigenvalue weighted by molar-refractivity contribution is -0.144. The lowest BCUT2D eigenvalue weighted by atomic mass is 10.1. The maximum Gasteiger partial charge on any atom is 0.342 e. The van der Waals surface area contributed by atoms with Gasteiger partial charge in [0.05, 0.1) is 6.61 Å². The van der Waals surface area contributed by atoms with Gasteiger partial charge in [-0.3, -0.25) is 13.9 Å². The minimum atomic E-state index is -3.76. The van der Waals surface area contributed by atoms with Gasteiger partial charge in [-0.05, 0) is 44.9 Å². The molecule has 0 fully saturated rings. The molecule has 0 saturated carbocycles. The largest absolute Gasteiger partial charge is 0.465 e. The van der Waals surface area contributed by atoms with Crippen molar-refractivity contribution in [3.63, 3.8) is 0 Å². The van der Waals surface area contributed by atoms with Crippen molar-refractivity contribution in [2.75, 3.05) is 18.7 Å². The molecule has 1 aromatic carbocycles. The Morgan fingerprint density at radius 3 is 2.83 bits per heavy atom. The molecule has 188 valence electrons. The minimum absolute atomic E-state index is 0.193. The summed E-state index contributed by atoms with van der Waals surface area (Å²) in [5.41, 5.74) is 6.57. The number of nitrogens with zero attached hydrogens (tertiary/aromatic N) is 4. The average molecular weight is 510 g/mol. The van der Waals surface area contributed by atoms with Crippen LogP contribution in [0, 0.1) is 12.3 Å². The number of rotatable bonds is 10. The SMILES string of the molecule is C#C[C@@]1(OCP(=O)(N[C@@H](C)C(=O)OCC)Oc2ccccc2)C=C(n2cnc3c(N)ncnc32)CC1. The van der Waals surface area contributed by atoms with Gasteiger partial charge in [-0.15, -0.1) is 6.42 Å². The van der Waals surface area contributed by atoms with E-state index in [-0.39, 0.29) is 18.8 Å². The van der Waals surface area contributed by atoms with Gasteiger partial charge in [0, 0.05) is 5.70 Å². The van der Waals surface area contributed by atoms with E-state index in [2.05, 4.69) is 26.0 Å². The van der Waals surface area contributed by atoms with Crippen molar-refractivity contribution in [1.29, 1.82) is 0 Å². The van der Waals surface area contributed by atoms with Crippen LogP contribution in [-0.4, -0.2) is 50.1 Å². The number of esters is 1. The number of aromatic nitrogens is 4. The van der Waals surface area contributed by atoms with Crippen molar-refractivity contribution >= 4 is 36.2 Å². The molecule has 3 aromatic rings. The van der Waals surface area contributed by atoms with E-state index >= 15 is 0 Å². The Balaban J connectivity index is 1.57. The van der Waals surface area contributed by atoms with Gasteiger partial charge < -0.3 is 19.7 Å². The average Bonchev–Trinajstić information content (AvgIpc) is 3.49. The van der Waals surface area contributed by atoms with Gasteiger partial charge in [0.2, 0.25) is 0 Å². The van der Waals surface area contributed by atoms with Gasteiger partial charge in [0.15, 0.2) is 23.3 Å². The highest BCUT2D eigenvalue weighted by atomic mass is 31.2. The van der Waals surface area contributed by atoms with Gasteiger partial charge in [0.25, 0.3) is 0 Å². The van der Waals surface area contributed by atoms with Gasteiger partial charge in [0.1, 0.15) is 30.0 Å². The number of anilines is 1. The number of ether oxygens (including phenoxy) is 2. The predicted octanol–water partition coefficient (Wildman–Crippen LogP) is 3.20. The molecule has 0 amide bonds. The molecule has 3 N–H and O–H groups in total. The molecule has 1 aliphatic carbocycles. The molecule has 0 bridgehead atoms. The number of fused-ring (bicyclic) bond motifs is 1. The van der Waals surface area contributed by atoms with E-state index in [9.17, 15) is 9.36 Å². The second-order valence-corrected chi connectivity index (χ2v) is 10.2. The zero-order valence-corrected chi connectivity index (χ0v) is 20.9. The molecule has 1 aliphatic rings. The molecular weight excluding hydrogens is 483 g/mol. The molecular formula is C24H27N6O5P. The molecule has 11 nitrogen and oxygen atoms in total. The van der Waals surface area contributed by atoms with Crippen molar-refractivity contribution in [1.82, 2.24) is 24.6 Å². The Hall–Kier alpha value is -3.71. The van der Waals surface area contributed by atoms with Crippen LogP contribution in [0.25, 0.3) is 16.9 Å². The third-order valence-electron chi connectivity index (χ3n) is 5.59. The van der Waals surface area contributed by atoms with Crippen molar-refractivity contribution in [3.8, 4) is 18.1 Å². The molecule has 2 heterocycles. The van der Waals surface area contributed by atoms with Gasteiger partial charge in [-0.2, -0.15) is 0 Å². The molecule has 1 unspecified atom stereocenters. The molecule has 0 aliphatic heterocycles. The number of benzene rings is 1. The number of nitrogens with two attached hydrogens (primary N) is 1. The van der Waals surface area contributed by atoms with E-state index in [0.717, 1.165) is 5.70 Å². The lowest BCUT2D eigenvalue weighted by Crippen LogP contribution is -2.37. The van der Waals surface area contributed by atoms with E-state index in [0.29, 0.717) is 29.8 Å². The third-order valence-corrected chi connectivity index (χ3v) is 7.34. The first-order valence-corrected chi connectivity index (χ1v) is 13.1. The monoisotopic (exact) mass is 510 g/mol. The van der Waals surface area contributed by atoms with Crippen molar-refractivity contribution < 1.29 is 23.4 Å². The number of nitrogens with one attached hydrogen (secondary N) is 1. The van der Waals surface area contributed by atoms with E-state index in [1.807, 2.05) is 0 Å². The fraction of sp³-hybridized carbons (Fsp3) is 0.333. The zero-order valence-electron chi connectivity index (χ0n) is 20.0. The molecule has 36 heavy (non-hydrogen) atoms. The predicted molar refractivity (Wildman–Crippen MR) is 135 cm³/mol. The summed E-state index contributed by atoms with van der Waals surface area (Å²) in [4.78, 5) is 24.7. The molecule has 4 rings (SSSR count). The molecule has 3 atom stereocenters. The molecule has 2 aromatic heterocycles. The van der Waals surface area contributed by atoms with Crippen LogP contribution in [0.5, 0.6) is 5.75 Å². The van der Waals surface area contributed by atoms with E-state index < -0.39 is 25.1 Å². The Bertz CT molecular complexity index is 1370. The smallest absolute Gasteiger partial charge is 0.342 e. The number of carbonyl (C=O) groups is 1. The van der Waals surface area contributed by atoms with Crippen LogP contribution < -0.4 is 15.3 Å². The zero-order chi connectivity index (χ0) is 25.8. The Morgan fingerprint density at radius 2 is 2.11 bits per heavy atom. The fourth-order valence-corrected chi connectivity index (χ4v) is 5.54. The number of hydrogen-bond donors (Lipinski definition) is 2. The number of nitrogen functional groups attached to an aromatic ring is 1. The van der Waals surface area contributed by atoms with Crippen LogP contribution in [-0.2, 0) is 18.8 Å². The van der Waals surface area contributed by atoms with Crippen molar-refractivity contribution in [2.45, 2.75) is 38.3 Å². The summed E-state index contributed by atoms with van der Waals surface area (Å²) in [6.45, 7) is 3.43. The topological polar surface area (TPSA) is 143 Å². The van der Waals surface area contributed by atoms with Gasteiger partial charge in [-0.25, -0.2) is 20.0 Å². The van der Waals surface area contributed by atoms with E-state index in [1.165, 1.54) is 6.33 Å². The van der Waals surface area contributed by atoms with Crippen LogP contribution in [0.15, 0.2) is 49.1 Å². The highest BCUT2D eigenvalue weighted by Gasteiger charge is 2.38. The van der Waals surface area contributed by atoms with Gasteiger partial charge in [-0.1, -0.05) is 24.1 Å². The molecule has 0 saturated heterocycles. The number of allylic oxidation sites excluding steroid dienone is 1. The Labute approximate surface area is 208 Å². The summed E-state index contributed by atoms with van der Waals surface area (Å²) < 4.78 is 32.5. The summed E-state index contributed by atoms with van der Waals surface area (Å²) >= 11 is 0. The fourth-order valence-electron chi connectivity index (χ4n) is 3.81. The molecule has 0 radical (unpaired) electrons. The number of carbonyl (C=O) groups excluding carboxylic acids is 1. The van der Waals surface area contributed by atoms with Gasteiger partial charge >= 0.3 is 13.5 Å². The summed E-state index contributed by atoms with van der Waals surface area (Å²) in [6.07, 6.45) is 11.2. The van der Waals surface area contributed by atoms with Crippen molar-refractivity contribution in [3.05, 3.63) is 49.1 Å². The normalized spacial score (nSPS) is 19.8.